The van der Waals surface area contributed by atoms with Crippen molar-refractivity contribution in [1.82, 2.24) is 0 Å². The zero-order valence-electron chi connectivity index (χ0n) is 9.36. The maximum absolute atomic E-state index is 8.76. The standard InChI is InChI=1S/C14H9Cl2NO/c15-13-4-2-1-3-11(13)9-18-12-6-5-10(8-17)14(16)7-12/h1-7H,9H2. The fourth-order valence-corrected chi connectivity index (χ4v) is 1.86. The summed E-state index contributed by atoms with van der Waals surface area (Å²) in [5.41, 5.74) is 1.33. The lowest BCUT2D eigenvalue weighted by Gasteiger charge is -2.08. The summed E-state index contributed by atoms with van der Waals surface area (Å²) in [7, 11) is 0. The van der Waals surface area contributed by atoms with Crippen LogP contribution in [0.5, 0.6) is 5.75 Å². The van der Waals surface area contributed by atoms with E-state index in [1.54, 1.807) is 18.2 Å². The highest BCUT2D eigenvalue weighted by Gasteiger charge is 2.03. The number of nitrogens with zero attached hydrogens (tertiary/aromatic N) is 1. The molecule has 0 saturated carbocycles. The van der Waals surface area contributed by atoms with Gasteiger partial charge < -0.3 is 4.74 Å². The third-order valence-corrected chi connectivity index (χ3v) is 3.09. The third kappa shape index (κ3) is 2.95. The molecule has 0 amide bonds. The number of nitriles is 1. The zero-order chi connectivity index (χ0) is 13.0. The summed E-state index contributed by atoms with van der Waals surface area (Å²) in [5.74, 6) is 0.610. The summed E-state index contributed by atoms with van der Waals surface area (Å²) in [5, 5.41) is 9.81. The van der Waals surface area contributed by atoms with E-state index >= 15 is 0 Å². The van der Waals surface area contributed by atoms with E-state index in [1.165, 1.54) is 0 Å². The molecule has 18 heavy (non-hydrogen) atoms. The van der Waals surface area contributed by atoms with Crippen molar-refractivity contribution >= 4 is 23.2 Å². The van der Waals surface area contributed by atoms with Crippen molar-refractivity contribution in [2.75, 3.05) is 0 Å². The number of halogens is 2. The smallest absolute Gasteiger partial charge is 0.121 e. The summed E-state index contributed by atoms with van der Waals surface area (Å²) in [6, 6.07) is 14.4. The molecule has 0 aliphatic rings. The van der Waals surface area contributed by atoms with Crippen molar-refractivity contribution in [1.29, 1.82) is 5.26 Å². The molecule has 0 radical (unpaired) electrons. The molecule has 0 spiro atoms. The minimum atomic E-state index is 0.363. The van der Waals surface area contributed by atoms with Crippen LogP contribution in [0.4, 0.5) is 0 Å². The van der Waals surface area contributed by atoms with Crippen LogP contribution in [-0.2, 0) is 6.61 Å². The molecule has 0 aliphatic carbocycles. The van der Waals surface area contributed by atoms with Gasteiger partial charge in [0.1, 0.15) is 18.4 Å². The van der Waals surface area contributed by atoms with Crippen LogP contribution in [0, 0.1) is 11.3 Å². The summed E-state index contributed by atoms with van der Waals surface area (Å²) in [6.45, 7) is 0.363. The van der Waals surface area contributed by atoms with Gasteiger partial charge in [0.2, 0.25) is 0 Å². The van der Waals surface area contributed by atoms with E-state index in [2.05, 4.69) is 0 Å². The normalized spacial score (nSPS) is 9.83. The van der Waals surface area contributed by atoms with Crippen molar-refractivity contribution in [3.05, 3.63) is 63.6 Å². The molecule has 2 aromatic carbocycles. The Kier molecular flexibility index (Phi) is 4.09. The van der Waals surface area contributed by atoms with E-state index in [9.17, 15) is 0 Å². The second-order valence-corrected chi connectivity index (χ2v) is 4.45. The van der Waals surface area contributed by atoms with Gasteiger partial charge in [0.05, 0.1) is 10.6 Å². The van der Waals surface area contributed by atoms with E-state index in [-0.39, 0.29) is 0 Å². The number of hydrogen-bond donors (Lipinski definition) is 0. The van der Waals surface area contributed by atoms with Gasteiger partial charge in [-0.2, -0.15) is 5.26 Å². The lowest BCUT2D eigenvalue weighted by Crippen LogP contribution is -1.96. The first-order valence-electron chi connectivity index (χ1n) is 5.26. The third-order valence-electron chi connectivity index (χ3n) is 2.41. The van der Waals surface area contributed by atoms with Crippen LogP contribution in [0.1, 0.15) is 11.1 Å². The van der Waals surface area contributed by atoms with E-state index in [0.29, 0.717) is 28.0 Å². The molecule has 0 N–H and O–H groups in total. The summed E-state index contributed by atoms with van der Waals surface area (Å²) >= 11 is 11.9. The van der Waals surface area contributed by atoms with Gasteiger partial charge in [-0.05, 0) is 18.2 Å². The molecule has 0 heterocycles. The van der Waals surface area contributed by atoms with E-state index < -0.39 is 0 Å². The molecule has 2 rings (SSSR count). The van der Waals surface area contributed by atoms with Crippen molar-refractivity contribution in [3.63, 3.8) is 0 Å². The monoisotopic (exact) mass is 277 g/mol. The second kappa shape index (κ2) is 5.77. The Bertz CT molecular complexity index is 605. The number of rotatable bonds is 3. The Hall–Kier alpha value is -1.69. The lowest BCUT2D eigenvalue weighted by molar-refractivity contribution is 0.306. The van der Waals surface area contributed by atoms with Gasteiger partial charge in [-0.25, -0.2) is 0 Å². The van der Waals surface area contributed by atoms with Crippen LogP contribution in [0.15, 0.2) is 42.5 Å². The highest BCUT2D eigenvalue weighted by atomic mass is 35.5. The van der Waals surface area contributed by atoms with Crippen molar-refractivity contribution in [3.8, 4) is 11.8 Å². The number of benzene rings is 2. The van der Waals surface area contributed by atoms with Gasteiger partial charge in [-0.3, -0.25) is 0 Å². The molecule has 0 saturated heterocycles. The number of hydrogen-bond acceptors (Lipinski definition) is 2. The Labute approximate surface area is 115 Å². The Morgan fingerprint density at radius 2 is 1.83 bits per heavy atom. The quantitative estimate of drug-likeness (QED) is 0.831. The summed E-state index contributed by atoms with van der Waals surface area (Å²) in [4.78, 5) is 0. The maximum Gasteiger partial charge on any atom is 0.121 e. The molecule has 0 atom stereocenters. The maximum atomic E-state index is 8.76. The van der Waals surface area contributed by atoms with Crippen LogP contribution >= 0.6 is 23.2 Å². The first-order valence-corrected chi connectivity index (χ1v) is 6.02. The van der Waals surface area contributed by atoms with Crippen LogP contribution in [0.3, 0.4) is 0 Å². The molecule has 0 bridgehead atoms. The predicted octanol–water partition coefficient (Wildman–Crippen LogP) is 4.44. The van der Waals surface area contributed by atoms with Crippen LogP contribution in [0.2, 0.25) is 10.0 Å². The molecular weight excluding hydrogens is 269 g/mol. The Morgan fingerprint density at radius 1 is 1.06 bits per heavy atom. The van der Waals surface area contributed by atoms with Crippen LogP contribution < -0.4 is 4.74 Å². The second-order valence-electron chi connectivity index (χ2n) is 3.63. The van der Waals surface area contributed by atoms with Crippen molar-refractivity contribution < 1.29 is 4.74 Å². The highest BCUT2D eigenvalue weighted by molar-refractivity contribution is 6.32. The summed E-state index contributed by atoms with van der Waals surface area (Å²) in [6.07, 6.45) is 0. The van der Waals surface area contributed by atoms with E-state index in [0.717, 1.165) is 5.56 Å². The molecule has 2 aromatic rings. The van der Waals surface area contributed by atoms with Gasteiger partial charge in [0, 0.05) is 16.7 Å². The van der Waals surface area contributed by atoms with Crippen molar-refractivity contribution in [2.45, 2.75) is 6.61 Å². The Balaban J connectivity index is 2.10. The molecule has 0 aliphatic heterocycles. The molecule has 2 nitrogen and oxygen atoms in total. The minimum Gasteiger partial charge on any atom is -0.489 e. The van der Waals surface area contributed by atoms with Gasteiger partial charge >= 0.3 is 0 Å². The van der Waals surface area contributed by atoms with Crippen LogP contribution in [-0.4, -0.2) is 0 Å². The van der Waals surface area contributed by atoms with Gasteiger partial charge in [-0.15, -0.1) is 0 Å². The Morgan fingerprint density at radius 3 is 2.50 bits per heavy atom. The topological polar surface area (TPSA) is 33.0 Å². The predicted molar refractivity (Wildman–Crippen MR) is 72.0 cm³/mol. The van der Waals surface area contributed by atoms with Crippen LogP contribution in [0.25, 0.3) is 0 Å². The molecule has 0 aromatic heterocycles. The molecule has 4 heteroatoms. The lowest BCUT2D eigenvalue weighted by atomic mass is 10.2. The highest BCUT2D eigenvalue weighted by Crippen LogP contribution is 2.23. The first-order chi connectivity index (χ1) is 8.70. The molecule has 90 valence electrons. The van der Waals surface area contributed by atoms with Gasteiger partial charge in [0.15, 0.2) is 0 Å². The summed E-state index contributed by atoms with van der Waals surface area (Å²) < 4.78 is 5.57. The fraction of sp³-hybridized carbons (Fsp3) is 0.0714. The minimum absolute atomic E-state index is 0.363. The largest absolute Gasteiger partial charge is 0.489 e. The van der Waals surface area contributed by atoms with Gasteiger partial charge in [0.25, 0.3) is 0 Å². The molecular formula is C14H9Cl2NO. The SMILES string of the molecule is N#Cc1ccc(OCc2ccccc2Cl)cc1Cl. The van der Waals surface area contributed by atoms with E-state index in [4.69, 9.17) is 33.2 Å². The first kappa shape index (κ1) is 12.8. The number of ether oxygens (including phenoxy) is 1. The average Bonchev–Trinajstić information content (AvgIpc) is 2.38. The zero-order valence-corrected chi connectivity index (χ0v) is 10.9. The average molecular weight is 278 g/mol. The van der Waals surface area contributed by atoms with Crippen molar-refractivity contribution in [2.24, 2.45) is 0 Å². The fourth-order valence-electron chi connectivity index (χ4n) is 1.45. The molecule has 0 unspecified atom stereocenters. The van der Waals surface area contributed by atoms with Gasteiger partial charge in [-0.1, -0.05) is 41.4 Å². The van der Waals surface area contributed by atoms with E-state index in [1.807, 2.05) is 30.3 Å². The molecule has 0 fully saturated rings.